The highest BCUT2D eigenvalue weighted by Gasteiger charge is 2.31. The monoisotopic (exact) mass is 486 g/mol. The van der Waals surface area contributed by atoms with E-state index < -0.39 is 6.10 Å². The lowest BCUT2D eigenvalue weighted by Crippen LogP contribution is -2.50. The average Bonchev–Trinajstić information content (AvgIpc) is 3.27. The molecule has 11 heteroatoms. The molecular weight excluding hydrogens is 460 g/mol. The van der Waals surface area contributed by atoms with Crippen LogP contribution in [0.5, 0.6) is 0 Å². The maximum atomic E-state index is 13.2. The number of amides is 1. The van der Waals surface area contributed by atoms with Crippen LogP contribution in [-0.4, -0.2) is 57.6 Å². The van der Waals surface area contributed by atoms with E-state index in [1.54, 1.807) is 40.5 Å². The van der Waals surface area contributed by atoms with Crippen LogP contribution in [0.1, 0.15) is 42.1 Å². The maximum absolute atomic E-state index is 13.2. The van der Waals surface area contributed by atoms with E-state index in [0.717, 1.165) is 19.3 Å². The van der Waals surface area contributed by atoms with Gasteiger partial charge in [0.1, 0.15) is 11.5 Å². The zero-order valence-electron chi connectivity index (χ0n) is 18.8. The van der Waals surface area contributed by atoms with Crippen LogP contribution in [0, 0.1) is 0 Å². The molecule has 10 nitrogen and oxygen atoms in total. The summed E-state index contributed by atoms with van der Waals surface area (Å²) >= 11 is 6.36. The van der Waals surface area contributed by atoms with Crippen molar-refractivity contribution in [2.45, 2.75) is 43.9 Å². The van der Waals surface area contributed by atoms with Crippen molar-refractivity contribution in [3.63, 3.8) is 0 Å². The van der Waals surface area contributed by atoms with Crippen molar-refractivity contribution in [1.29, 1.82) is 0 Å². The fourth-order valence-corrected chi connectivity index (χ4v) is 4.67. The molecule has 1 aliphatic heterocycles. The van der Waals surface area contributed by atoms with Crippen LogP contribution in [0.25, 0.3) is 5.52 Å². The summed E-state index contributed by atoms with van der Waals surface area (Å²) in [4.78, 5) is 26.1. The third-order valence-corrected chi connectivity index (χ3v) is 6.75. The summed E-state index contributed by atoms with van der Waals surface area (Å²) in [5.74, 6) is 0.331. The van der Waals surface area contributed by atoms with Gasteiger partial charge in [-0.1, -0.05) is 11.6 Å². The molecule has 0 bridgehead atoms. The Balaban J connectivity index is 1.49. The number of pyridine rings is 2. The first-order valence-electron chi connectivity index (χ1n) is 11.4. The second-order valence-corrected chi connectivity index (χ2v) is 9.15. The van der Waals surface area contributed by atoms with Crippen molar-refractivity contribution in [3.8, 4) is 0 Å². The number of nitrogens with zero attached hydrogens (tertiary/aromatic N) is 3. The largest absolute Gasteiger partial charge is 0.391 e. The molecule has 0 aromatic carbocycles. The number of rotatable bonds is 6. The number of nitrogens with one attached hydrogen (secondary N) is 3. The minimum Gasteiger partial charge on any atom is -0.391 e. The summed E-state index contributed by atoms with van der Waals surface area (Å²) < 4.78 is 8.71. The van der Waals surface area contributed by atoms with Crippen molar-refractivity contribution in [2.75, 3.05) is 30.9 Å². The van der Waals surface area contributed by atoms with Crippen molar-refractivity contribution in [2.24, 2.45) is 0 Å². The highest BCUT2D eigenvalue weighted by atomic mass is 35.5. The Morgan fingerprint density at radius 3 is 2.68 bits per heavy atom. The third-order valence-electron chi connectivity index (χ3n) is 6.55. The second-order valence-electron chi connectivity index (χ2n) is 8.71. The number of fused-ring (bicyclic) bond motifs is 1. The normalized spacial score (nSPS) is 20.7. The van der Waals surface area contributed by atoms with Crippen LogP contribution in [-0.2, 0) is 4.74 Å². The van der Waals surface area contributed by atoms with Crippen LogP contribution in [0.2, 0.25) is 5.02 Å². The van der Waals surface area contributed by atoms with E-state index in [4.69, 9.17) is 16.3 Å². The zero-order valence-corrected chi connectivity index (χ0v) is 19.5. The third kappa shape index (κ3) is 4.24. The molecule has 2 fully saturated rings. The molecule has 34 heavy (non-hydrogen) atoms. The molecule has 1 saturated heterocycles. The maximum Gasteiger partial charge on any atom is 0.274 e. The van der Waals surface area contributed by atoms with Gasteiger partial charge in [0.25, 0.3) is 11.5 Å². The topological polar surface area (TPSA) is 122 Å². The second kappa shape index (κ2) is 9.28. The number of carbonyl (C=O) groups excluding carboxylic acids is 1. The molecule has 5 rings (SSSR count). The van der Waals surface area contributed by atoms with Crippen LogP contribution in [0.15, 0.2) is 35.4 Å². The van der Waals surface area contributed by atoms with E-state index in [1.807, 2.05) is 0 Å². The first kappa shape index (κ1) is 22.7. The van der Waals surface area contributed by atoms with E-state index >= 15 is 0 Å². The summed E-state index contributed by atoms with van der Waals surface area (Å²) in [7, 11) is 1.75. The standard InChI is InChI=1S/C23H27ClN6O4/c1-25-21-10-14(9-19-16(11-26-30(19)21)22(32)28-17-2-3-20(17)31)27-18-8-13(24)12-29(23(18)33)15-4-6-34-7-5-15/h8-12,15,17,20,25,27,31H,2-7H2,1H3,(H,28,32)/t17-,20-/m0/s1. The van der Waals surface area contributed by atoms with Gasteiger partial charge in [-0.05, 0) is 37.8 Å². The van der Waals surface area contributed by atoms with E-state index in [9.17, 15) is 14.7 Å². The van der Waals surface area contributed by atoms with Crippen molar-refractivity contribution in [1.82, 2.24) is 19.5 Å². The molecule has 4 N–H and O–H groups in total. The fourth-order valence-electron chi connectivity index (χ4n) is 4.46. The van der Waals surface area contributed by atoms with Gasteiger partial charge in [-0.25, -0.2) is 4.52 Å². The first-order valence-corrected chi connectivity index (χ1v) is 11.8. The van der Waals surface area contributed by atoms with Crippen LogP contribution in [0.3, 0.4) is 0 Å². The smallest absolute Gasteiger partial charge is 0.274 e. The van der Waals surface area contributed by atoms with Gasteiger partial charge in [-0.3, -0.25) is 9.59 Å². The molecule has 1 aliphatic carbocycles. The van der Waals surface area contributed by atoms with Crippen molar-refractivity contribution in [3.05, 3.63) is 51.5 Å². The quantitative estimate of drug-likeness (QED) is 0.422. The Bertz CT molecular complexity index is 1280. The lowest BCUT2D eigenvalue weighted by molar-refractivity contribution is 0.0448. The number of ether oxygens (including phenoxy) is 1. The van der Waals surface area contributed by atoms with Gasteiger partial charge < -0.3 is 30.4 Å². The van der Waals surface area contributed by atoms with Crippen LogP contribution < -0.4 is 21.5 Å². The predicted octanol–water partition coefficient (Wildman–Crippen LogP) is 2.54. The summed E-state index contributed by atoms with van der Waals surface area (Å²) in [5.41, 5.74) is 1.71. The Hall–Kier alpha value is -3.08. The summed E-state index contributed by atoms with van der Waals surface area (Å²) in [6.45, 7) is 1.22. The van der Waals surface area contributed by atoms with Crippen LogP contribution in [0.4, 0.5) is 17.2 Å². The predicted molar refractivity (Wildman–Crippen MR) is 129 cm³/mol. The minimum absolute atomic E-state index is 0.0304. The van der Waals surface area contributed by atoms with Gasteiger partial charge in [0.05, 0.1) is 34.4 Å². The van der Waals surface area contributed by atoms with Gasteiger partial charge in [0, 0.05) is 44.3 Å². The number of hydrogen-bond acceptors (Lipinski definition) is 7. The van der Waals surface area contributed by atoms with Crippen molar-refractivity contribution < 1.29 is 14.6 Å². The molecule has 0 radical (unpaired) electrons. The highest BCUT2D eigenvalue weighted by molar-refractivity contribution is 6.30. The number of carbonyl (C=O) groups is 1. The minimum atomic E-state index is -0.517. The molecule has 0 spiro atoms. The van der Waals surface area contributed by atoms with E-state index in [0.29, 0.717) is 52.9 Å². The van der Waals surface area contributed by atoms with Gasteiger partial charge in [0.15, 0.2) is 0 Å². The van der Waals surface area contributed by atoms with Gasteiger partial charge in [-0.15, -0.1) is 0 Å². The number of halogens is 1. The molecule has 1 amide bonds. The van der Waals surface area contributed by atoms with Crippen molar-refractivity contribution >= 4 is 40.2 Å². The lowest BCUT2D eigenvalue weighted by atomic mass is 9.89. The van der Waals surface area contributed by atoms with Gasteiger partial charge >= 0.3 is 0 Å². The lowest BCUT2D eigenvalue weighted by Gasteiger charge is -2.32. The molecule has 180 valence electrons. The number of hydrogen-bond donors (Lipinski definition) is 4. The highest BCUT2D eigenvalue weighted by Crippen LogP contribution is 2.27. The molecular formula is C23H27ClN6O4. The summed E-state index contributed by atoms with van der Waals surface area (Å²) in [6.07, 6.45) is 5.58. The Morgan fingerprint density at radius 2 is 2.00 bits per heavy atom. The fraction of sp³-hybridized carbons (Fsp3) is 0.435. The van der Waals surface area contributed by atoms with E-state index in [2.05, 4.69) is 21.0 Å². The number of aromatic nitrogens is 3. The Morgan fingerprint density at radius 1 is 1.21 bits per heavy atom. The molecule has 1 saturated carbocycles. The molecule has 2 aliphatic rings. The summed E-state index contributed by atoms with van der Waals surface area (Å²) in [5, 5.41) is 23.7. The number of aliphatic hydroxyl groups excluding tert-OH is 1. The van der Waals surface area contributed by atoms with Gasteiger partial charge in [-0.2, -0.15) is 5.10 Å². The SMILES string of the molecule is CNc1cc(Nc2cc(Cl)cn(C3CCOCC3)c2=O)cc2c(C(=O)N[C@H]3CC[C@@H]3O)cnn12. The molecule has 3 aromatic heterocycles. The summed E-state index contributed by atoms with van der Waals surface area (Å²) in [6, 6.07) is 4.95. The molecule has 2 atom stereocenters. The number of aliphatic hydroxyl groups is 1. The first-order chi connectivity index (χ1) is 16.4. The Kier molecular flexibility index (Phi) is 6.20. The molecule has 3 aromatic rings. The molecule has 0 unspecified atom stereocenters. The molecule has 4 heterocycles. The Labute approximate surface area is 200 Å². The van der Waals surface area contributed by atoms with Gasteiger partial charge in [0.2, 0.25) is 0 Å². The van der Waals surface area contributed by atoms with E-state index in [1.165, 1.54) is 6.20 Å². The van der Waals surface area contributed by atoms with E-state index in [-0.39, 0.29) is 23.6 Å². The average molecular weight is 487 g/mol. The zero-order chi connectivity index (χ0) is 23.8. The number of anilines is 3. The van der Waals surface area contributed by atoms with Crippen LogP contribution >= 0.6 is 11.6 Å².